The molecule has 3 aliphatic rings. The van der Waals surface area contributed by atoms with E-state index in [1.54, 1.807) is 0 Å². The monoisotopic (exact) mass is 152 g/mol. The van der Waals surface area contributed by atoms with Crippen LogP contribution in [0.25, 0.3) is 0 Å². The zero-order valence-corrected chi connectivity index (χ0v) is 7.01. The third-order valence-corrected chi connectivity index (χ3v) is 3.93. The molecule has 1 heterocycles. The summed E-state index contributed by atoms with van der Waals surface area (Å²) >= 11 is 0. The van der Waals surface area contributed by atoms with Crippen molar-refractivity contribution < 1.29 is 4.74 Å². The van der Waals surface area contributed by atoms with Crippen LogP contribution in [0.5, 0.6) is 0 Å². The molecule has 0 bridgehead atoms. The molecule has 1 saturated heterocycles. The van der Waals surface area contributed by atoms with E-state index in [9.17, 15) is 0 Å². The second-order valence-corrected chi connectivity index (χ2v) is 4.44. The molecular formula is C10H16O. The average Bonchev–Trinajstić information content (AvgIpc) is 2.75. The van der Waals surface area contributed by atoms with Crippen molar-refractivity contribution in [2.45, 2.75) is 56.7 Å². The van der Waals surface area contributed by atoms with Gasteiger partial charge in [0.2, 0.25) is 0 Å². The molecule has 0 aromatic rings. The minimum absolute atomic E-state index is 0.441. The fraction of sp³-hybridized carbons (Fsp3) is 1.00. The minimum atomic E-state index is 0.441. The third kappa shape index (κ3) is 0.752. The molecule has 11 heavy (non-hydrogen) atoms. The summed E-state index contributed by atoms with van der Waals surface area (Å²) in [6.45, 7) is 0. The van der Waals surface area contributed by atoms with Crippen molar-refractivity contribution in [3.8, 4) is 0 Å². The van der Waals surface area contributed by atoms with Gasteiger partial charge in [-0.1, -0.05) is 19.3 Å². The molecule has 1 spiro atoms. The molecular weight excluding hydrogens is 136 g/mol. The van der Waals surface area contributed by atoms with Crippen LogP contribution >= 0.6 is 0 Å². The highest BCUT2D eigenvalue weighted by molar-refractivity contribution is 5.10. The van der Waals surface area contributed by atoms with E-state index in [0.29, 0.717) is 11.7 Å². The molecule has 62 valence electrons. The molecule has 0 amide bonds. The van der Waals surface area contributed by atoms with Gasteiger partial charge >= 0.3 is 0 Å². The van der Waals surface area contributed by atoms with Crippen LogP contribution in [0.2, 0.25) is 0 Å². The fourth-order valence-electron chi connectivity index (χ4n) is 3.29. The maximum absolute atomic E-state index is 5.87. The fourth-order valence-corrected chi connectivity index (χ4v) is 3.29. The van der Waals surface area contributed by atoms with Crippen LogP contribution in [-0.4, -0.2) is 11.7 Å². The number of epoxide rings is 1. The van der Waals surface area contributed by atoms with Gasteiger partial charge < -0.3 is 4.74 Å². The highest BCUT2D eigenvalue weighted by Gasteiger charge is 2.62. The maximum Gasteiger partial charge on any atom is 0.0976 e. The summed E-state index contributed by atoms with van der Waals surface area (Å²) in [6, 6.07) is 0. The SMILES string of the molecule is C1CC[C@]23O[C@H]2CCC[C@H]3C1. The van der Waals surface area contributed by atoms with E-state index in [0.717, 1.165) is 5.92 Å². The van der Waals surface area contributed by atoms with Crippen molar-refractivity contribution in [2.75, 3.05) is 0 Å². The zero-order valence-electron chi connectivity index (χ0n) is 7.01. The summed E-state index contributed by atoms with van der Waals surface area (Å²) in [5.74, 6) is 0.954. The highest BCUT2D eigenvalue weighted by atomic mass is 16.6. The van der Waals surface area contributed by atoms with Crippen LogP contribution in [-0.2, 0) is 4.74 Å². The summed E-state index contributed by atoms with van der Waals surface area (Å²) in [5, 5.41) is 0. The van der Waals surface area contributed by atoms with Gasteiger partial charge in [-0.05, 0) is 31.6 Å². The van der Waals surface area contributed by atoms with Crippen molar-refractivity contribution in [3.63, 3.8) is 0 Å². The lowest BCUT2D eigenvalue weighted by Gasteiger charge is -2.32. The average molecular weight is 152 g/mol. The number of rotatable bonds is 0. The highest BCUT2D eigenvalue weighted by Crippen LogP contribution is 2.57. The Bertz CT molecular complexity index is 176. The largest absolute Gasteiger partial charge is 0.366 e. The lowest BCUT2D eigenvalue weighted by atomic mass is 9.70. The van der Waals surface area contributed by atoms with Gasteiger partial charge in [0, 0.05) is 0 Å². The lowest BCUT2D eigenvalue weighted by molar-refractivity contribution is 0.150. The quantitative estimate of drug-likeness (QED) is 0.486. The summed E-state index contributed by atoms with van der Waals surface area (Å²) in [6.07, 6.45) is 10.7. The molecule has 3 atom stereocenters. The molecule has 0 aromatic carbocycles. The van der Waals surface area contributed by atoms with Gasteiger partial charge in [0.1, 0.15) is 0 Å². The van der Waals surface area contributed by atoms with E-state index in [4.69, 9.17) is 4.74 Å². The Labute approximate surface area is 68.1 Å². The van der Waals surface area contributed by atoms with Gasteiger partial charge in [-0.3, -0.25) is 0 Å². The molecule has 2 aliphatic carbocycles. The first kappa shape index (κ1) is 6.47. The Hall–Kier alpha value is -0.0400. The Morgan fingerprint density at radius 3 is 2.82 bits per heavy atom. The molecule has 3 rings (SSSR count). The van der Waals surface area contributed by atoms with E-state index in [1.165, 1.54) is 44.9 Å². The predicted molar refractivity (Wildman–Crippen MR) is 43.4 cm³/mol. The summed E-state index contributed by atoms with van der Waals surface area (Å²) in [7, 11) is 0. The molecule has 1 heteroatoms. The smallest absolute Gasteiger partial charge is 0.0976 e. The van der Waals surface area contributed by atoms with Crippen LogP contribution in [0.1, 0.15) is 44.9 Å². The van der Waals surface area contributed by atoms with Crippen LogP contribution < -0.4 is 0 Å². The Balaban J connectivity index is 1.84. The zero-order chi connectivity index (χ0) is 7.31. The normalized spacial score (nSPS) is 54.5. The van der Waals surface area contributed by atoms with Crippen molar-refractivity contribution >= 4 is 0 Å². The van der Waals surface area contributed by atoms with Gasteiger partial charge in [0.25, 0.3) is 0 Å². The van der Waals surface area contributed by atoms with Crippen molar-refractivity contribution in [2.24, 2.45) is 5.92 Å². The van der Waals surface area contributed by atoms with Crippen molar-refractivity contribution in [3.05, 3.63) is 0 Å². The maximum atomic E-state index is 5.87. The van der Waals surface area contributed by atoms with Gasteiger partial charge in [-0.25, -0.2) is 0 Å². The van der Waals surface area contributed by atoms with E-state index in [1.807, 2.05) is 0 Å². The topological polar surface area (TPSA) is 12.5 Å². The first-order valence-corrected chi connectivity index (χ1v) is 5.10. The first-order valence-electron chi connectivity index (χ1n) is 5.10. The standard InChI is InChI=1S/C10H16O/c1-2-7-10-8(4-1)5-3-6-9(10)11-10/h8-9H,1-7H2/t8-,9+,10-/m1/s1. The molecule has 0 radical (unpaired) electrons. The molecule has 0 aromatic heterocycles. The van der Waals surface area contributed by atoms with Crippen LogP contribution in [0.3, 0.4) is 0 Å². The third-order valence-electron chi connectivity index (χ3n) is 3.93. The summed E-state index contributed by atoms with van der Waals surface area (Å²) < 4.78 is 5.87. The Kier molecular flexibility index (Phi) is 1.18. The van der Waals surface area contributed by atoms with Crippen LogP contribution in [0, 0.1) is 5.92 Å². The molecule has 2 saturated carbocycles. The van der Waals surface area contributed by atoms with Gasteiger partial charge in [0.05, 0.1) is 11.7 Å². The second-order valence-electron chi connectivity index (χ2n) is 4.44. The minimum Gasteiger partial charge on any atom is -0.366 e. The summed E-state index contributed by atoms with van der Waals surface area (Å²) in [4.78, 5) is 0. The number of hydrogen-bond donors (Lipinski definition) is 0. The number of ether oxygens (including phenoxy) is 1. The van der Waals surface area contributed by atoms with E-state index < -0.39 is 0 Å². The van der Waals surface area contributed by atoms with Crippen LogP contribution in [0.4, 0.5) is 0 Å². The van der Waals surface area contributed by atoms with Gasteiger partial charge in [0.15, 0.2) is 0 Å². The lowest BCUT2D eigenvalue weighted by Crippen LogP contribution is -2.33. The first-order chi connectivity index (χ1) is 5.42. The molecule has 3 fully saturated rings. The Morgan fingerprint density at radius 1 is 1.00 bits per heavy atom. The van der Waals surface area contributed by atoms with E-state index in [2.05, 4.69) is 0 Å². The molecule has 0 unspecified atom stereocenters. The van der Waals surface area contributed by atoms with Crippen molar-refractivity contribution in [1.29, 1.82) is 0 Å². The van der Waals surface area contributed by atoms with Gasteiger partial charge in [-0.15, -0.1) is 0 Å². The number of hydrogen-bond acceptors (Lipinski definition) is 1. The molecule has 1 nitrogen and oxygen atoms in total. The molecule has 1 aliphatic heterocycles. The van der Waals surface area contributed by atoms with E-state index in [-0.39, 0.29) is 0 Å². The van der Waals surface area contributed by atoms with Crippen molar-refractivity contribution in [1.82, 2.24) is 0 Å². The predicted octanol–water partition coefficient (Wildman–Crippen LogP) is 2.50. The summed E-state index contributed by atoms with van der Waals surface area (Å²) in [5.41, 5.74) is 0.441. The Morgan fingerprint density at radius 2 is 1.91 bits per heavy atom. The van der Waals surface area contributed by atoms with Crippen LogP contribution in [0.15, 0.2) is 0 Å². The van der Waals surface area contributed by atoms with E-state index >= 15 is 0 Å². The second kappa shape index (κ2) is 2.01. The van der Waals surface area contributed by atoms with Gasteiger partial charge in [-0.2, -0.15) is 0 Å². The molecule has 0 N–H and O–H groups in total.